The van der Waals surface area contributed by atoms with Crippen molar-refractivity contribution in [3.05, 3.63) is 60.2 Å². The maximum atomic E-state index is 12.3. The van der Waals surface area contributed by atoms with Crippen molar-refractivity contribution in [2.75, 3.05) is 13.2 Å². The van der Waals surface area contributed by atoms with E-state index in [-0.39, 0.29) is 31.1 Å². The minimum atomic E-state index is -0.579. The molecule has 2 aromatic carbocycles. The SMILES string of the molecule is CC(C)C1COC(=O)N1C(=O)COCc1ccc(-c2ccccc2)cc1. The molecule has 1 aliphatic rings. The van der Waals surface area contributed by atoms with Gasteiger partial charge in [0.15, 0.2) is 0 Å². The number of hydrogen-bond donors (Lipinski definition) is 0. The van der Waals surface area contributed by atoms with Crippen molar-refractivity contribution in [2.24, 2.45) is 5.92 Å². The molecule has 1 fully saturated rings. The first-order valence-electron chi connectivity index (χ1n) is 8.77. The molecule has 2 aromatic rings. The van der Waals surface area contributed by atoms with Gasteiger partial charge in [0, 0.05) is 0 Å². The minimum absolute atomic E-state index is 0.140. The van der Waals surface area contributed by atoms with E-state index in [0.717, 1.165) is 16.7 Å². The van der Waals surface area contributed by atoms with E-state index in [1.54, 1.807) is 0 Å². The molecule has 5 nitrogen and oxygen atoms in total. The zero-order valence-corrected chi connectivity index (χ0v) is 15.1. The van der Waals surface area contributed by atoms with Crippen LogP contribution in [0.2, 0.25) is 0 Å². The van der Waals surface area contributed by atoms with Crippen molar-refractivity contribution in [3.63, 3.8) is 0 Å². The second kappa shape index (κ2) is 8.15. The third kappa shape index (κ3) is 4.11. The molecule has 1 unspecified atom stereocenters. The van der Waals surface area contributed by atoms with Gasteiger partial charge in [0.25, 0.3) is 5.91 Å². The highest BCUT2D eigenvalue weighted by Gasteiger charge is 2.39. The first-order chi connectivity index (χ1) is 12.6. The molecule has 0 N–H and O–H groups in total. The molecule has 26 heavy (non-hydrogen) atoms. The topological polar surface area (TPSA) is 55.8 Å². The third-order valence-electron chi connectivity index (χ3n) is 4.50. The van der Waals surface area contributed by atoms with E-state index < -0.39 is 6.09 Å². The van der Waals surface area contributed by atoms with Gasteiger partial charge in [-0.2, -0.15) is 0 Å². The standard InChI is InChI=1S/C21H23NO4/c1-15(2)19-13-26-21(24)22(19)20(23)14-25-12-16-8-10-18(11-9-16)17-6-4-3-5-7-17/h3-11,15,19H,12-14H2,1-2H3. The Labute approximate surface area is 153 Å². The molecule has 2 amide bonds. The Bertz CT molecular complexity index is 755. The summed E-state index contributed by atoms with van der Waals surface area (Å²) in [6.45, 7) is 4.35. The van der Waals surface area contributed by atoms with Gasteiger partial charge in [-0.15, -0.1) is 0 Å². The molecule has 5 heteroatoms. The van der Waals surface area contributed by atoms with Crippen LogP contribution in [0.15, 0.2) is 54.6 Å². The Kier molecular flexibility index (Phi) is 5.68. The number of hydrogen-bond acceptors (Lipinski definition) is 4. The second-order valence-electron chi connectivity index (χ2n) is 6.71. The highest BCUT2D eigenvalue weighted by molar-refractivity contribution is 5.94. The first-order valence-corrected chi connectivity index (χ1v) is 8.77. The number of amides is 2. The smallest absolute Gasteiger partial charge is 0.417 e. The minimum Gasteiger partial charge on any atom is -0.447 e. The number of benzene rings is 2. The van der Waals surface area contributed by atoms with Crippen molar-refractivity contribution in [3.8, 4) is 11.1 Å². The molecule has 1 atom stereocenters. The largest absolute Gasteiger partial charge is 0.447 e. The van der Waals surface area contributed by atoms with Crippen LogP contribution < -0.4 is 0 Å². The maximum absolute atomic E-state index is 12.3. The summed E-state index contributed by atoms with van der Waals surface area (Å²) in [7, 11) is 0. The summed E-state index contributed by atoms with van der Waals surface area (Å²) < 4.78 is 10.5. The molecule has 136 valence electrons. The number of carbonyl (C=O) groups excluding carboxylic acids is 2. The molecule has 1 heterocycles. The number of nitrogens with zero attached hydrogens (tertiary/aromatic N) is 1. The summed E-state index contributed by atoms with van der Waals surface area (Å²) in [5.41, 5.74) is 3.26. The lowest BCUT2D eigenvalue weighted by Gasteiger charge is -2.22. The Morgan fingerprint density at radius 1 is 1.12 bits per heavy atom. The van der Waals surface area contributed by atoms with Crippen LogP contribution in [0.4, 0.5) is 4.79 Å². The normalized spacial score (nSPS) is 16.8. The van der Waals surface area contributed by atoms with Crippen LogP contribution in [0.1, 0.15) is 19.4 Å². The summed E-state index contributed by atoms with van der Waals surface area (Å²) in [5.74, 6) is -0.206. The van der Waals surface area contributed by atoms with Gasteiger partial charge in [-0.3, -0.25) is 4.79 Å². The third-order valence-corrected chi connectivity index (χ3v) is 4.50. The van der Waals surface area contributed by atoms with Crippen LogP contribution in [0.3, 0.4) is 0 Å². The summed E-state index contributed by atoms with van der Waals surface area (Å²) >= 11 is 0. The molecule has 1 aliphatic heterocycles. The molecule has 0 saturated carbocycles. The lowest BCUT2D eigenvalue weighted by molar-refractivity contribution is -0.135. The fourth-order valence-electron chi connectivity index (χ4n) is 2.96. The highest BCUT2D eigenvalue weighted by atomic mass is 16.6. The lowest BCUT2D eigenvalue weighted by atomic mass is 10.0. The highest BCUT2D eigenvalue weighted by Crippen LogP contribution is 2.21. The first kappa shape index (κ1) is 18.1. The quantitative estimate of drug-likeness (QED) is 0.791. The molecule has 0 spiro atoms. The average molecular weight is 353 g/mol. The number of imide groups is 1. The molecule has 3 rings (SSSR count). The van der Waals surface area contributed by atoms with E-state index in [1.165, 1.54) is 4.90 Å². The van der Waals surface area contributed by atoms with Crippen LogP contribution in [-0.4, -0.2) is 36.2 Å². The van der Waals surface area contributed by atoms with Gasteiger partial charge in [-0.25, -0.2) is 9.69 Å². The van der Waals surface area contributed by atoms with Crippen molar-refractivity contribution < 1.29 is 19.1 Å². The second-order valence-corrected chi connectivity index (χ2v) is 6.71. The predicted octanol–water partition coefficient (Wildman–Crippen LogP) is 3.87. The van der Waals surface area contributed by atoms with Crippen molar-refractivity contribution in [1.29, 1.82) is 0 Å². The zero-order valence-electron chi connectivity index (χ0n) is 15.1. The Morgan fingerprint density at radius 3 is 2.42 bits per heavy atom. The van der Waals surface area contributed by atoms with E-state index in [2.05, 4.69) is 12.1 Å². The number of rotatable bonds is 6. The van der Waals surface area contributed by atoms with Crippen LogP contribution in [-0.2, 0) is 20.9 Å². The molecule has 0 bridgehead atoms. The van der Waals surface area contributed by atoms with Crippen LogP contribution >= 0.6 is 0 Å². The summed E-state index contributed by atoms with van der Waals surface area (Å²) in [5, 5.41) is 0. The number of ether oxygens (including phenoxy) is 2. The fraction of sp³-hybridized carbons (Fsp3) is 0.333. The monoisotopic (exact) mass is 353 g/mol. The zero-order chi connectivity index (χ0) is 18.5. The van der Waals surface area contributed by atoms with Crippen molar-refractivity contribution in [1.82, 2.24) is 4.90 Å². The summed E-state index contributed by atoms with van der Waals surface area (Å²) in [4.78, 5) is 25.2. The van der Waals surface area contributed by atoms with Crippen LogP contribution in [0.5, 0.6) is 0 Å². The van der Waals surface area contributed by atoms with E-state index in [9.17, 15) is 9.59 Å². The van der Waals surface area contributed by atoms with Gasteiger partial charge in [-0.1, -0.05) is 68.4 Å². The molecule has 1 saturated heterocycles. The van der Waals surface area contributed by atoms with Crippen LogP contribution in [0.25, 0.3) is 11.1 Å². The van der Waals surface area contributed by atoms with E-state index in [4.69, 9.17) is 9.47 Å². The fourth-order valence-corrected chi connectivity index (χ4v) is 2.96. The van der Waals surface area contributed by atoms with Crippen molar-refractivity contribution in [2.45, 2.75) is 26.5 Å². The number of cyclic esters (lactones) is 1. The van der Waals surface area contributed by atoms with Gasteiger partial charge >= 0.3 is 6.09 Å². The molecule has 0 radical (unpaired) electrons. The van der Waals surface area contributed by atoms with Gasteiger partial charge < -0.3 is 9.47 Å². The van der Waals surface area contributed by atoms with E-state index >= 15 is 0 Å². The van der Waals surface area contributed by atoms with Crippen LogP contribution in [0, 0.1) is 5.92 Å². The Morgan fingerprint density at radius 2 is 1.77 bits per heavy atom. The van der Waals surface area contributed by atoms with Gasteiger partial charge in [0.1, 0.15) is 13.2 Å². The molecular weight excluding hydrogens is 330 g/mol. The van der Waals surface area contributed by atoms with Crippen molar-refractivity contribution >= 4 is 12.0 Å². The molecule has 0 aromatic heterocycles. The average Bonchev–Trinajstić information content (AvgIpc) is 3.05. The summed E-state index contributed by atoms with van der Waals surface area (Å²) in [6, 6.07) is 17.9. The molecular formula is C21H23NO4. The number of carbonyl (C=O) groups is 2. The summed E-state index contributed by atoms with van der Waals surface area (Å²) in [6.07, 6.45) is -0.579. The van der Waals surface area contributed by atoms with E-state index in [0.29, 0.717) is 6.61 Å². The van der Waals surface area contributed by atoms with Gasteiger partial charge in [-0.05, 0) is 22.6 Å². The predicted molar refractivity (Wildman–Crippen MR) is 98.4 cm³/mol. The van der Waals surface area contributed by atoms with Gasteiger partial charge in [0.05, 0.1) is 12.6 Å². The Balaban J connectivity index is 1.53. The maximum Gasteiger partial charge on any atom is 0.417 e. The van der Waals surface area contributed by atoms with E-state index in [1.807, 2.05) is 56.3 Å². The molecule has 0 aliphatic carbocycles. The Hall–Kier alpha value is -2.66. The van der Waals surface area contributed by atoms with Gasteiger partial charge in [0.2, 0.25) is 0 Å². The lowest BCUT2D eigenvalue weighted by Crippen LogP contribution is -2.43.